The average Bonchev–Trinajstić information content (AvgIpc) is 2.98. The van der Waals surface area contributed by atoms with Gasteiger partial charge in [-0.2, -0.15) is 11.3 Å². The van der Waals surface area contributed by atoms with Gasteiger partial charge in [0.05, 0.1) is 11.5 Å². The molecule has 1 saturated carbocycles. The first-order chi connectivity index (χ1) is 8.54. The molecule has 4 N–H and O–H groups in total. The van der Waals surface area contributed by atoms with Crippen LogP contribution in [0.4, 0.5) is 0 Å². The van der Waals surface area contributed by atoms with E-state index in [9.17, 15) is 9.90 Å². The fourth-order valence-corrected chi connectivity index (χ4v) is 3.16. The van der Waals surface area contributed by atoms with Crippen molar-refractivity contribution in [2.75, 3.05) is 6.54 Å². The molecule has 0 saturated heterocycles. The third-order valence-corrected chi connectivity index (χ3v) is 4.63. The van der Waals surface area contributed by atoms with E-state index in [0.29, 0.717) is 0 Å². The van der Waals surface area contributed by atoms with Crippen molar-refractivity contribution in [2.24, 2.45) is 11.1 Å². The molecule has 2 rings (SSSR count). The monoisotopic (exact) mass is 268 g/mol. The van der Waals surface area contributed by atoms with Gasteiger partial charge in [0.15, 0.2) is 0 Å². The molecule has 18 heavy (non-hydrogen) atoms. The number of rotatable bonds is 4. The third kappa shape index (κ3) is 2.58. The molecule has 0 bridgehead atoms. The van der Waals surface area contributed by atoms with Gasteiger partial charge < -0.3 is 16.2 Å². The quantitative estimate of drug-likeness (QED) is 0.773. The second-order valence-electron chi connectivity index (χ2n) is 5.20. The minimum absolute atomic E-state index is 0.0400. The van der Waals surface area contributed by atoms with Crippen LogP contribution in [0, 0.1) is 5.41 Å². The van der Waals surface area contributed by atoms with Crippen LogP contribution in [0.1, 0.15) is 37.9 Å². The SMILES string of the molecule is CC1(C(=O)NCC(O)c2ccsc2)CCCC1N. The minimum Gasteiger partial charge on any atom is -0.387 e. The molecule has 1 aromatic heterocycles. The summed E-state index contributed by atoms with van der Waals surface area (Å²) in [4.78, 5) is 12.2. The molecule has 4 nitrogen and oxygen atoms in total. The van der Waals surface area contributed by atoms with Crippen LogP contribution in [-0.2, 0) is 4.79 Å². The lowest BCUT2D eigenvalue weighted by Crippen LogP contribution is -2.48. The van der Waals surface area contributed by atoms with E-state index in [1.807, 2.05) is 23.8 Å². The normalized spacial score (nSPS) is 29.2. The molecule has 0 aromatic carbocycles. The lowest BCUT2D eigenvalue weighted by molar-refractivity contribution is -0.131. The number of carbonyl (C=O) groups is 1. The molecular weight excluding hydrogens is 248 g/mol. The van der Waals surface area contributed by atoms with E-state index in [1.165, 1.54) is 11.3 Å². The first kappa shape index (κ1) is 13.5. The zero-order valence-corrected chi connectivity index (χ0v) is 11.4. The Morgan fingerprint density at radius 3 is 3.11 bits per heavy atom. The van der Waals surface area contributed by atoms with Crippen molar-refractivity contribution in [3.63, 3.8) is 0 Å². The predicted molar refractivity (Wildman–Crippen MR) is 72.2 cm³/mol. The van der Waals surface area contributed by atoms with Gasteiger partial charge in [0.25, 0.3) is 0 Å². The zero-order valence-electron chi connectivity index (χ0n) is 10.6. The fourth-order valence-electron chi connectivity index (χ4n) is 2.45. The Balaban J connectivity index is 1.89. The first-order valence-electron chi connectivity index (χ1n) is 6.28. The average molecular weight is 268 g/mol. The van der Waals surface area contributed by atoms with E-state index >= 15 is 0 Å². The maximum atomic E-state index is 12.2. The van der Waals surface area contributed by atoms with Crippen LogP contribution in [0.3, 0.4) is 0 Å². The van der Waals surface area contributed by atoms with Crippen LogP contribution in [0.2, 0.25) is 0 Å². The number of nitrogens with two attached hydrogens (primary N) is 1. The van der Waals surface area contributed by atoms with Crippen LogP contribution < -0.4 is 11.1 Å². The van der Waals surface area contributed by atoms with Gasteiger partial charge in [-0.05, 0) is 42.2 Å². The second kappa shape index (κ2) is 5.38. The number of aliphatic hydroxyl groups excluding tert-OH is 1. The Bertz CT molecular complexity index is 407. The van der Waals surface area contributed by atoms with Gasteiger partial charge >= 0.3 is 0 Å². The largest absolute Gasteiger partial charge is 0.387 e. The molecule has 3 unspecified atom stereocenters. The molecular formula is C13H20N2O2S. The zero-order chi connectivity index (χ0) is 13.2. The van der Waals surface area contributed by atoms with Crippen LogP contribution in [0.5, 0.6) is 0 Å². The van der Waals surface area contributed by atoms with Crippen molar-refractivity contribution >= 4 is 17.2 Å². The number of carbonyl (C=O) groups excluding carboxylic acids is 1. The van der Waals surface area contributed by atoms with Gasteiger partial charge in [-0.3, -0.25) is 4.79 Å². The summed E-state index contributed by atoms with van der Waals surface area (Å²) >= 11 is 1.53. The van der Waals surface area contributed by atoms with Gasteiger partial charge in [-0.25, -0.2) is 0 Å². The molecule has 1 aliphatic rings. The van der Waals surface area contributed by atoms with E-state index in [0.717, 1.165) is 24.8 Å². The van der Waals surface area contributed by atoms with Gasteiger partial charge in [0.2, 0.25) is 5.91 Å². The van der Waals surface area contributed by atoms with Crippen LogP contribution in [0.15, 0.2) is 16.8 Å². The van der Waals surface area contributed by atoms with E-state index < -0.39 is 11.5 Å². The highest BCUT2D eigenvalue weighted by molar-refractivity contribution is 7.07. The van der Waals surface area contributed by atoms with Crippen LogP contribution >= 0.6 is 11.3 Å². The summed E-state index contributed by atoms with van der Waals surface area (Å²) in [5, 5.41) is 16.5. The summed E-state index contributed by atoms with van der Waals surface area (Å²) in [5.74, 6) is -0.0400. The molecule has 5 heteroatoms. The summed E-state index contributed by atoms with van der Waals surface area (Å²) in [6, 6.07) is 1.79. The summed E-state index contributed by atoms with van der Waals surface area (Å²) in [6.07, 6.45) is 2.09. The minimum atomic E-state index is -0.638. The summed E-state index contributed by atoms with van der Waals surface area (Å²) in [7, 11) is 0. The second-order valence-corrected chi connectivity index (χ2v) is 5.98. The predicted octanol–water partition coefficient (Wildman–Crippen LogP) is 1.42. The number of hydrogen-bond donors (Lipinski definition) is 3. The maximum Gasteiger partial charge on any atom is 0.227 e. The smallest absolute Gasteiger partial charge is 0.227 e. The molecule has 0 aliphatic heterocycles. The van der Waals surface area contributed by atoms with Crippen molar-refractivity contribution in [1.29, 1.82) is 0 Å². The highest BCUT2D eigenvalue weighted by Crippen LogP contribution is 2.36. The van der Waals surface area contributed by atoms with Crippen LogP contribution in [-0.4, -0.2) is 23.6 Å². The molecule has 0 radical (unpaired) electrons. The fraction of sp³-hybridized carbons (Fsp3) is 0.615. The number of nitrogens with one attached hydrogen (secondary N) is 1. The van der Waals surface area contributed by atoms with E-state index in [-0.39, 0.29) is 18.5 Å². The molecule has 1 fully saturated rings. The summed E-state index contributed by atoms with van der Waals surface area (Å²) < 4.78 is 0. The standard InChI is InChI=1S/C13H20N2O2S/c1-13(5-2-3-11(13)14)12(17)15-7-10(16)9-4-6-18-8-9/h4,6,8,10-11,16H,2-3,5,7,14H2,1H3,(H,15,17). The third-order valence-electron chi connectivity index (χ3n) is 3.93. The number of hydrogen-bond acceptors (Lipinski definition) is 4. The molecule has 1 heterocycles. The number of thiophene rings is 1. The van der Waals surface area contributed by atoms with Crippen LogP contribution in [0.25, 0.3) is 0 Å². The van der Waals surface area contributed by atoms with Crippen molar-refractivity contribution in [3.8, 4) is 0 Å². The molecule has 1 aliphatic carbocycles. The number of amides is 1. The Kier molecular flexibility index (Phi) is 4.04. The Labute approximate surface area is 111 Å². The maximum absolute atomic E-state index is 12.2. The molecule has 1 amide bonds. The van der Waals surface area contributed by atoms with Crippen molar-refractivity contribution < 1.29 is 9.90 Å². The first-order valence-corrected chi connectivity index (χ1v) is 7.22. The Morgan fingerprint density at radius 2 is 2.56 bits per heavy atom. The van der Waals surface area contributed by atoms with Crippen molar-refractivity contribution in [1.82, 2.24) is 5.32 Å². The molecule has 100 valence electrons. The topological polar surface area (TPSA) is 75.3 Å². The Hall–Kier alpha value is -0.910. The molecule has 3 atom stereocenters. The van der Waals surface area contributed by atoms with Crippen molar-refractivity contribution in [3.05, 3.63) is 22.4 Å². The van der Waals surface area contributed by atoms with E-state index in [4.69, 9.17) is 5.73 Å². The van der Waals surface area contributed by atoms with Gasteiger partial charge in [-0.1, -0.05) is 6.42 Å². The lowest BCUT2D eigenvalue weighted by atomic mass is 9.84. The van der Waals surface area contributed by atoms with Gasteiger partial charge in [0, 0.05) is 12.6 Å². The van der Waals surface area contributed by atoms with Crippen molar-refractivity contribution in [2.45, 2.75) is 38.3 Å². The van der Waals surface area contributed by atoms with Gasteiger partial charge in [-0.15, -0.1) is 0 Å². The molecule has 0 spiro atoms. The van der Waals surface area contributed by atoms with Gasteiger partial charge in [0.1, 0.15) is 0 Å². The summed E-state index contributed by atoms with van der Waals surface area (Å²) in [6.45, 7) is 2.16. The van der Waals surface area contributed by atoms with E-state index in [1.54, 1.807) is 0 Å². The van der Waals surface area contributed by atoms with E-state index in [2.05, 4.69) is 5.32 Å². The Morgan fingerprint density at radius 1 is 1.78 bits per heavy atom. The lowest BCUT2D eigenvalue weighted by Gasteiger charge is -2.28. The molecule has 1 aromatic rings. The number of aliphatic hydroxyl groups is 1. The highest BCUT2D eigenvalue weighted by Gasteiger charge is 2.42. The highest BCUT2D eigenvalue weighted by atomic mass is 32.1. The summed E-state index contributed by atoms with van der Waals surface area (Å²) in [5.41, 5.74) is 6.36.